The first-order valence-corrected chi connectivity index (χ1v) is 6.26. The van der Waals surface area contributed by atoms with Crippen LogP contribution in [0.15, 0.2) is 24.3 Å². The standard InChI is InChI=1S/C15H16N2O4/c1-4-11-5-7-12(8-6-11)14(19)16-9(2)13(18)17-10(3)15(20)21/h1,5-10H,2-3H3,(H,16,19)(H,17,18)(H,20,21)/t9-,10-/m0/s1. The number of carboxylic acid groups (broad SMARTS) is 1. The number of amides is 2. The molecule has 0 bridgehead atoms. The van der Waals surface area contributed by atoms with Crippen LogP contribution in [0, 0.1) is 12.3 Å². The molecule has 1 rings (SSSR count). The monoisotopic (exact) mass is 288 g/mol. The number of hydrogen-bond acceptors (Lipinski definition) is 3. The molecule has 6 heteroatoms. The molecule has 2 amide bonds. The van der Waals surface area contributed by atoms with E-state index in [2.05, 4.69) is 16.6 Å². The minimum absolute atomic E-state index is 0.361. The van der Waals surface area contributed by atoms with E-state index >= 15 is 0 Å². The van der Waals surface area contributed by atoms with Crippen LogP contribution < -0.4 is 10.6 Å². The number of nitrogens with one attached hydrogen (secondary N) is 2. The summed E-state index contributed by atoms with van der Waals surface area (Å²) in [5, 5.41) is 13.5. The van der Waals surface area contributed by atoms with E-state index in [0.717, 1.165) is 0 Å². The molecule has 1 aromatic rings. The first-order valence-electron chi connectivity index (χ1n) is 6.26. The summed E-state index contributed by atoms with van der Waals surface area (Å²) < 4.78 is 0. The van der Waals surface area contributed by atoms with Crippen LogP contribution in [0.2, 0.25) is 0 Å². The summed E-state index contributed by atoms with van der Waals surface area (Å²) in [4.78, 5) is 34.3. The Morgan fingerprint density at radius 3 is 2.14 bits per heavy atom. The highest BCUT2D eigenvalue weighted by atomic mass is 16.4. The second-order valence-corrected chi connectivity index (χ2v) is 4.49. The summed E-state index contributed by atoms with van der Waals surface area (Å²) >= 11 is 0. The van der Waals surface area contributed by atoms with Crippen LogP contribution in [0.5, 0.6) is 0 Å². The second kappa shape index (κ2) is 7.10. The molecule has 0 heterocycles. The van der Waals surface area contributed by atoms with Crippen molar-refractivity contribution in [2.75, 3.05) is 0 Å². The van der Waals surface area contributed by atoms with Gasteiger partial charge in [-0.25, -0.2) is 0 Å². The Labute approximate surface area is 122 Å². The predicted molar refractivity (Wildman–Crippen MR) is 76.5 cm³/mol. The van der Waals surface area contributed by atoms with Gasteiger partial charge in [0.25, 0.3) is 5.91 Å². The Morgan fingerprint density at radius 1 is 1.10 bits per heavy atom. The van der Waals surface area contributed by atoms with Crippen molar-refractivity contribution >= 4 is 17.8 Å². The predicted octanol–water partition coefficient (Wildman–Crippen LogP) is 0.375. The lowest BCUT2D eigenvalue weighted by Crippen LogP contribution is -2.49. The van der Waals surface area contributed by atoms with Crippen LogP contribution in [-0.2, 0) is 9.59 Å². The molecular weight excluding hydrogens is 272 g/mol. The van der Waals surface area contributed by atoms with Gasteiger partial charge in [0.05, 0.1) is 0 Å². The molecular formula is C15H16N2O4. The van der Waals surface area contributed by atoms with Gasteiger partial charge in [-0.15, -0.1) is 6.42 Å². The maximum atomic E-state index is 11.9. The number of carboxylic acids is 1. The summed E-state index contributed by atoms with van der Waals surface area (Å²) in [6.07, 6.45) is 5.22. The fourth-order valence-corrected chi connectivity index (χ4v) is 1.46. The molecule has 0 radical (unpaired) electrons. The minimum Gasteiger partial charge on any atom is -0.480 e. The fraction of sp³-hybridized carbons (Fsp3) is 0.267. The molecule has 0 saturated heterocycles. The molecule has 2 atom stereocenters. The number of benzene rings is 1. The first-order chi connectivity index (χ1) is 9.85. The fourth-order valence-electron chi connectivity index (χ4n) is 1.46. The van der Waals surface area contributed by atoms with E-state index < -0.39 is 29.9 Å². The number of rotatable bonds is 5. The van der Waals surface area contributed by atoms with Gasteiger partial charge in [0.1, 0.15) is 12.1 Å². The molecule has 21 heavy (non-hydrogen) atoms. The number of aliphatic carboxylic acids is 1. The van der Waals surface area contributed by atoms with Crippen molar-refractivity contribution in [3.05, 3.63) is 35.4 Å². The summed E-state index contributed by atoms with van der Waals surface area (Å²) in [7, 11) is 0. The maximum absolute atomic E-state index is 11.9. The molecule has 0 aliphatic heterocycles. The number of terminal acetylenes is 1. The van der Waals surface area contributed by atoms with E-state index in [1.807, 2.05) is 0 Å². The van der Waals surface area contributed by atoms with E-state index in [1.54, 1.807) is 24.3 Å². The highest BCUT2D eigenvalue weighted by molar-refractivity contribution is 5.98. The second-order valence-electron chi connectivity index (χ2n) is 4.49. The number of hydrogen-bond donors (Lipinski definition) is 3. The average Bonchev–Trinajstić information content (AvgIpc) is 2.46. The van der Waals surface area contributed by atoms with Gasteiger partial charge in [0, 0.05) is 11.1 Å². The summed E-state index contributed by atoms with van der Waals surface area (Å²) in [5.74, 6) is 0.275. The third-order valence-electron chi connectivity index (χ3n) is 2.78. The van der Waals surface area contributed by atoms with Crippen LogP contribution in [0.3, 0.4) is 0 Å². The third-order valence-corrected chi connectivity index (χ3v) is 2.78. The SMILES string of the molecule is C#Cc1ccc(C(=O)N[C@@H](C)C(=O)N[C@@H](C)C(=O)O)cc1. The summed E-state index contributed by atoms with van der Waals surface area (Å²) in [6, 6.07) is 4.46. The molecule has 1 aromatic carbocycles. The Hall–Kier alpha value is -2.81. The normalized spacial score (nSPS) is 12.6. The molecule has 0 saturated carbocycles. The lowest BCUT2D eigenvalue weighted by molar-refractivity contribution is -0.141. The van der Waals surface area contributed by atoms with Gasteiger partial charge in [0.15, 0.2) is 0 Å². The highest BCUT2D eigenvalue weighted by Crippen LogP contribution is 2.03. The average molecular weight is 288 g/mol. The van der Waals surface area contributed by atoms with Gasteiger partial charge < -0.3 is 15.7 Å². The highest BCUT2D eigenvalue weighted by Gasteiger charge is 2.20. The zero-order valence-electron chi connectivity index (χ0n) is 11.7. The maximum Gasteiger partial charge on any atom is 0.325 e. The molecule has 0 aromatic heterocycles. The summed E-state index contributed by atoms with van der Waals surface area (Å²) in [6.45, 7) is 2.81. The number of carbonyl (C=O) groups excluding carboxylic acids is 2. The Kier molecular flexibility index (Phi) is 5.49. The van der Waals surface area contributed by atoms with Crippen LogP contribution in [0.25, 0.3) is 0 Å². The Balaban J connectivity index is 2.63. The van der Waals surface area contributed by atoms with E-state index in [-0.39, 0.29) is 0 Å². The smallest absolute Gasteiger partial charge is 0.325 e. The van der Waals surface area contributed by atoms with E-state index in [4.69, 9.17) is 11.5 Å². The topological polar surface area (TPSA) is 95.5 Å². The van der Waals surface area contributed by atoms with Crippen molar-refractivity contribution in [1.29, 1.82) is 0 Å². The van der Waals surface area contributed by atoms with Crippen LogP contribution >= 0.6 is 0 Å². The van der Waals surface area contributed by atoms with Crippen molar-refractivity contribution in [1.82, 2.24) is 10.6 Å². The van der Waals surface area contributed by atoms with E-state index in [1.165, 1.54) is 13.8 Å². The van der Waals surface area contributed by atoms with Crippen molar-refractivity contribution in [3.63, 3.8) is 0 Å². The van der Waals surface area contributed by atoms with Crippen LogP contribution in [0.4, 0.5) is 0 Å². The van der Waals surface area contributed by atoms with Crippen molar-refractivity contribution < 1.29 is 19.5 Å². The van der Waals surface area contributed by atoms with Crippen molar-refractivity contribution in [2.45, 2.75) is 25.9 Å². The largest absolute Gasteiger partial charge is 0.480 e. The minimum atomic E-state index is -1.15. The molecule has 0 aliphatic rings. The Bertz CT molecular complexity index is 587. The van der Waals surface area contributed by atoms with Gasteiger partial charge in [-0.1, -0.05) is 5.92 Å². The van der Waals surface area contributed by atoms with Gasteiger partial charge in [0.2, 0.25) is 5.91 Å². The Morgan fingerprint density at radius 2 is 1.67 bits per heavy atom. The summed E-state index contributed by atoms with van der Waals surface area (Å²) in [5.41, 5.74) is 1.01. The van der Waals surface area contributed by atoms with Crippen LogP contribution in [-0.4, -0.2) is 35.0 Å². The molecule has 110 valence electrons. The van der Waals surface area contributed by atoms with Crippen molar-refractivity contribution in [3.8, 4) is 12.3 Å². The number of carbonyl (C=O) groups is 3. The van der Waals surface area contributed by atoms with Gasteiger partial charge >= 0.3 is 5.97 Å². The third kappa shape index (κ3) is 4.66. The quantitative estimate of drug-likeness (QED) is 0.682. The molecule has 6 nitrogen and oxygen atoms in total. The zero-order valence-corrected chi connectivity index (χ0v) is 11.7. The molecule has 0 aliphatic carbocycles. The lowest BCUT2D eigenvalue weighted by atomic mass is 10.1. The molecule has 0 unspecified atom stereocenters. The molecule has 3 N–H and O–H groups in total. The zero-order chi connectivity index (χ0) is 16.0. The lowest BCUT2D eigenvalue weighted by Gasteiger charge is -2.16. The van der Waals surface area contributed by atoms with Gasteiger partial charge in [-0.05, 0) is 38.1 Å². The van der Waals surface area contributed by atoms with E-state index in [9.17, 15) is 14.4 Å². The molecule has 0 spiro atoms. The van der Waals surface area contributed by atoms with Crippen LogP contribution in [0.1, 0.15) is 29.8 Å². The van der Waals surface area contributed by atoms with Crippen molar-refractivity contribution in [2.24, 2.45) is 0 Å². The van der Waals surface area contributed by atoms with Gasteiger partial charge in [-0.2, -0.15) is 0 Å². The molecule has 0 fully saturated rings. The van der Waals surface area contributed by atoms with Gasteiger partial charge in [-0.3, -0.25) is 14.4 Å². The first kappa shape index (κ1) is 16.2. The van der Waals surface area contributed by atoms with E-state index in [0.29, 0.717) is 11.1 Å².